The second kappa shape index (κ2) is 6.56. The van der Waals surface area contributed by atoms with Crippen molar-refractivity contribution in [1.29, 1.82) is 0 Å². The number of carbonyl (C=O) groups is 2. The Labute approximate surface area is 122 Å². The van der Waals surface area contributed by atoms with Gasteiger partial charge in [0.15, 0.2) is 0 Å². The predicted molar refractivity (Wildman–Crippen MR) is 76.4 cm³/mol. The number of aliphatic hydroxyl groups is 1. The van der Waals surface area contributed by atoms with Crippen LogP contribution in [-0.2, 0) is 9.59 Å². The van der Waals surface area contributed by atoms with Crippen LogP contribution >= 0.6 is 11.6 Å². The van der Waals surface area contributed by atoms with Crippen LogP contribution in [0, 0.1) is 11.8 Å². The van der Waals surface area contributed by atoms with Crippen LogP contribution in [0.2, 0.25) is 5.02 Å². The molecule has 2 rings (SSSR count). The molecule has 0 atom stereocenters. The van der Waals surface area contributed by atoms with Crippen LogP contribution in [0.3, 0.4) is 0 Å². The lowest BCUT2D eigenvalue weighted by molar-refractivity contribution is -0.125. The number of carbonyl (C=O) groups excluding carboxylic acids is 2. The number of aliphatic hydroxyl groups excluding tert-OH is 1. The SMILES string of the molecule is O=C1CCCCC(=O)N1c1cc(C#CCO)ccc1Cl. The zero-order valence-electron chi connectivity index (χ0n) is 10.9. The van der Waals surface area contributed by atoms with Crippen LogP contribution in [0.15, 0.2) is 18.2 Å². The number of nitrogens with zero attached hydrogens (tertiary/aromatic N) is 1. The fourth-order valence-electron chi connectivity index (χ4n) is 2.09. The molecule has 1 aliphatic rings. The number of anilines is 1. The highest BCUT2D eigenvalue weighted by Crippen LogP contribution is 2.30. The lowest BCUT2D eigenvalue weighted by atomic mass is 10.1. The van der Waals surface area contributed by atoms with Gasteiger partial charge in [0.2, 0.25) is 11.8 Å². The molecular weight excluding hydrogens is 278 g/mol. The molecule has 20 heavy (non-hydrogen) atoms. The second-order valence-electron chi connectivity index (χ2n) is 4.46. The molecule has 1 heterocycles. The maximum Gasteiger partial charge on any atom is 0.233 e. The smallest absolute Gasteiger partial charge is 0.233 e. The van der Waals surface area contributed by atoms with E-state index in [2.05, 4.69) is 11.8 Å². The van der Waals surface area contributed by atoms with Crippen LogP contribution in [-0.4, -0.2) is 23.5 Å². The minimum Gasteiger partial charge on any atom is -0.384 e. The summed E-state index contributed by atoms with van der Waals surface area (Å²) in [5, 5.41) is 9.04. The third kappa shape index (κ3) is 3.19. The first-order valence-corrected chi connectivity index (χ1v) is 6.76. The Morgan fingerprint density at radius 1 is 1.20 bits per heavy atom. The first-order valence-electron chi connectivity index (χ1n) is 6.38. The summed E-state index contributed by atoms with van der Waals surface area (Å²) in [4.78, 5) is 25.3. The van der Waals surface area contributed by atoms with Gasteiger partial charge in [0, 0.05) is 18.4 Å². The highest BCUT2D eigenvalue weighted by atomic mass is 35.5. The summed E-state index contributed by atoms with van der Waals surface area (Å²) in [6, 6.07) is 4.89. The van der Waals surface area contributed by atoms with E-state index < -0.39 is 0 Å². The second-order valence-corrected chi connectivity index (χ2v) is 4.86. The van der Waals surface area contributed by atoms with Gasteiger partial charge in [0.25, 0.3) is 0 Å². The summed E-state index contributed by atoms with van der Waals surface area (Å²) in [6.07, 6.45) is 2.11. The highest BCUT2D eigenvalue weighted by molar-refractivity contribution is 6.35. The molecule has 0 unspecified atom stereocenters. The van der Waals surface area contributed by atoms with Gasteiger partial charge in [-0.25, -0.2) is 4.90 Å². The summed E-state index contributed by atoms with van der Waals surface area (Å²) >= 11 is 6.10. The van der Waals surface area contributed by atoms with E-state index >= 15 is 0 Å². The van der Waals surface area contributed by atoms with Crippen molar-refractivity contribution in [1.82, 2.24) is 0 Å². The fourth-order valence-corrected chi connectivity index (χ4v) is 2.29. The van der Waals surface area contributed by atoms with Crippen LogP contribution in [0.1, 0.15) is 31.2 Å². The van der Waals surface area contributed by atoms with Crippen molar-refractivity contribution in [2.45, 2.75) is 25.7 Å². The Morgan fingerprint density at radius 2 is 1.85 bits per heavy atom. The standard InChI is InChI=1S/C15H14ClNO3/c16-12-8-7-11(4-3-9-18)10-13(12)17-14(19)5-1-2-6-15(17)20/h7-8,10,18H,1-2,5-6,9H2. The highest BCUT2D eigenvalue weighted by Gasteiger charge is 2.27. The molecule has 0 saturated carbocycles. The average Bonchev–Trinajstić information content (AvgIpc) is 2.59. The molecule has 5 heteroatoms. The molecule has 0 aromatic heterocycles. The topological polar surface area (TPSA) is 57.6 Å². The molecular formula is C15H14ClNO3. The van der Waals surface area contributed by atoms with E-state index in [9.17, 15) is 9.59 Å². The molecule has 0 spiro atoms. The summed E-state index contributed by atoms with van der Waals surface area (Å²) in [7, 11) is 0. The first-order chi connectivity index (χ1) is 9.63. The van der Waals surface area contributed by atoms with E-state index in [-0.39, 0.29) is 18.4 Å². The Bertz CT molecular complexity index is 583. The third-order valence-corrected chi connectivity index (χ3v) is 3.35. The van der Waals surface area contributed by atoms with Crippen LogP contribution in [0.25, 0.3) is 0 Å². The van der Waals surface area contributed by atoms with Crippen molar-refractivity contribution in [3.8, 4) is 11.8 Å². The maximum atomic E-state index is 12.1. The largest absolute Gasteiger partial charge is 0.384 e. The van der Waals surface area contributed by atoms with Crippen molar-refractivity contribution >= 4 is 29.1 Å². The number of benzene rings is 1. The van der Waals surface area contributed by atoms with Crippen molar-refractivity contribution < 1.29 is 14.7 Å². The van der Waals surface area contributed by atoms with Crippen molar-refractivity contribution in [2.24, 2.45) is 0 Å². The minimum atomic E-state index is -0.250. The van der Waals surface area contributed by atoms with Gasteiger partial charge >= 0.3 is 0 Å². The predicted octanol–water partition coefficient (Wildman–Crippen LogP) is 2.12. The zero-order chi connectivity index (χ0) is 14.5. The van der Waals surface area contributed by atoms with E-state index in [1.165, 1.54) is 0 Å². The fraction of sp³-hybridized carbons (Fsp3) is 0.333. The van der Waals surface area contributed by atoms with E-state index in [0.717, 1.165) is 4.90 Å². The Hall–Kier alpha value is -1.83. The number of halogens is 1. The number of rotatable bonds is 1. The number of amides is 2. The van der Waals surface area contributed by atoms with Crippen LogP contribution in [0.4, 0.5) is 5.69 Å². The molecule has 1 fully saturated rings. The van der Waals surface area contributed by atoms with Crippen LogP contribution in [0.5, 0.6) is 0 Å². The van der Waals surface area contributed by atoms with Crippen molar-refractivity contribution in [3.63, 3.8) is 0 Å². The summed E-state index contributed by atoms with van der Waals surface area (Å²) in [5.74, 6) is 4.79. The molecule has 1 aliphatic heterocycles. The molecule has 104 valence electrons. The van der Waals surface area contributed by atoms with E-state index in [1.54, 1.807) is 18.2 Å². The Balaban J connectivity index is 2.43. The molecule has 1 N–H and O–H groups in total. The molecule has 1 aromatic rings. The minimum absolute atomic E-state index is 0.235. The zero-order valence-corrected chi connectivity index (χ0v) is 11.6. The number of hydrogen-bond donors (Lipinski definition) is 1. The molecule has 4 nitrogen and oxygen atoms in total. The van der Waals surface area contributed by atoms with Crippen molar-refractivity contribution in [3.05, 3.63) is 28.8 Å². The molecule has 1 aromatic carbocycles. The average molecular weight is 292 g/mol. The lowest BCUT2D eigenvalue weighted by Crippen LogP contribution is -2.35. The lowest BCUT2D eigenvalue weighted by Gasteiger charge is -2.20. The van der Waals surface area contributed by atoms with Crippen molar-refractivity contribution in [2.75, 3.05) is 11.5 Å². The van der Waals surface area contributed by atoms with E-state index in [0.29, 0.717) is 42.0 Å². The molecule has 0 radical (unpaired) electrons. The Kier molecular flexibility index (Phi) is 4.78. The van der Waals surface area contributed by atoms with E-state index in [1.807, 2.05) is 0 Å². The monoisotopic (exact) mass is 291 g/mol. The molecule has 0 aliphatic carbocycles. The summed E-state index contributed by atoms with van der Waals surface area (Å²) < 4.78 is 0. The first kappa shape index (κ1) is 14.6. The molecule has 1 saturated heterocycles. The van der Waals surface area contributed by atoms with Gasteiger partial charge in [-0.3, -0.25) is 9.59 Å². The van der Waals surface area contributed by atoms with Gasteiger partial charge in [-0.15, -0.1) is 0 Å². The summed E-state index contributed by atoms with van der Waals surface area (Å²) in [5.41, 5.74) is 0.969. The van der Waals surface area contributed by atoms with Gasteiger partial charge in [-0.2, -0.15) is 0 Å². The van der Waals surface area contributed by atoms with E-state index in [4.69, 9.17) is 16.7 Å². The summed E-state index contributed by atoms with van der Waals surface area (Å²) in [6.45, 7) is -0.250. The number of imide groups is 1. The van der Waals surface area contributed by atoms with Gasteiger partial charge in [-0.1, -0.05) is 23.4 Å². The Morgan fingerprint density at radius 3 is 2.45 bits per heavy atom. The molecule has 0 bridgehead atoms. The van der Waals surface area contributed by atoms with Crippen LogP contribution < -0.4 is 4.90 Å². The van der Waals surface area contributed by atoms with Gasteiger partial charge in [-0.05, 0) is 31.0 Å². The third-order valence-electron chi connectivity index (χ3n) is 3.03. The quantitative estimate of drug-likeness (QED) is 0.637. The maximum absolute atomic E-state index is 12.1. The van der Waals surface area contributed by atoms with Gasteiger partial charge in [0.1, 0.15) is 6.61 Å². The van der Waals surface area contributed by atoms with Gasteiger partial charge < -0.3 is 5.11 Å². The molecule has 2 amide bonds. The van der Waals surface area contributed by atoms with Gasteiger partial charge in [0.05, 0.1) is 10.7 Å². The number of hydrogen-bond acceptors (Lipinski definition) is 3. The normalized spacial score (nSPS) is 15.6.